The van der Waals surface area contributed by atoms with E-state index in [-0.39, 0.29) is 0 Å². The molecule has 0 radical (unpaired) electrons. The van der Waals surface area contributed by atoms with Gasteiger partial charge in [-0.1, -0.05) is 6.07 Å². The summed E-state index contributed by atoms with van der Waals surface area (Å²) in [4.78, 5) is 11.9. The Hall–Kier alpha value is -1.01. The van der Waals surface area contributed by atoms with Crippen molar-refractivity contribution in [3.05, 3.63) is 29.6 Å². The molecule has 0 spiro atoms. The standard InChI is InChI=1S/C16H29N5/c1-17-12-15-4-5-16(18-13-15)14-21-10-8-20(9-11-21)7-6-19(2)3/h4-5,13,17H,6-12,14H2,1-3H3. The molecule has 21 heavy (non-hydrogen) atoms. The first kappa shape index (κ1) is 16.4. The number of hydrogen-bond donors (Lipinski definition) is 1. The summed E-state index contributed by atoms with van der Waals surface area (Å²) in [7, 11) is 6.24. The quantitative estimate of drug-likeness (QED) is 0.790. The van der Waals surface area contributed by atoms with Crippen LogP contribution in [0.5, 0.6) is 0 Å². The molecule has 1 fully saturated rings. The minimum atomic E-state index is 0.887. The van der Waals surface area contributed by atoms with Gasteiger partial charge in [0.25, 0.3) is 0 Å². The number of likely N-dealkylation sites (N-methyl/N-ethyl adjacent to an activating group) is 1. The third-order valence-electron chi connectivity index (χ3n) is 3.98. The van der Waals surface area contributed by atoms with Crippen LogP contribution in [0.15, 0.2) is 18.3 Å². The van der Waals surface area contributed by atoms with Gasteiger partial charge in [0.1, 0.15) is 0 Å². The third kappa shape index (κ3) is 5.71. The Morgan fingerprint density at radius 2 is 1.86 bits per heavy atom. The maximum Gasteiger partial charge on any atom is 0.0544 e. The van der Waals surface area contributed by atoms with Crippen LogP contribution in [-0.2, 0) is 13.1 Å². The molecule has 1 aromatic heterocycles. The maximum atomic E-state index is 4.57. The van der Waals surface area contributed by atoms with Crippen LogP contribution < -0.4 is 5.32 Å². The highest BCUT2D eigenvalue weighted by atomic mass is 15.3. The predicted octanol–water partition coefficient (Wildman–Crippen LogP) is 0.480. The fourth-order valence-corrected chi connectivity index (χ4v) is 2.60. The summed E-state index contributed by atoms with van der Waals surface area (Å²) >= 11 is 0. The Balaban J connectivity index is 1.72. The summed E-state index contributed by atoms with van der Waals surface area (Å²) in [5.74, 6) is 0. The van der Waals surface area contributed by atoms with E-state index in [2.05, 4.69) is 51.2 Å². The summed E-state index contributed by atoms with van der Waals surface area (Å²) < 4.78 is 0. The van der Waals surface area contributed by atoms with Gasteiger partial charge >= 0.3 is 0 Å². The fourth-order valence-electron chi connectivity index (χ4n) is 2.60. The van der Waals surface area contributed by atoms with Crippen LogP contribution in [0.1, 0.15) is 11.3 Å². The van der Waals surface area contributed by atoms with Gasteiger partial charge in [-0.05, 0) is 32.8 Å². The molecule has 5 nitrogen and oxygen atoms in total. The number of rotatable bonds is 7. The first-order chi connectivity index (χ1) is 10.2. The molecule has 1 aliphatic rings. The first-order valence-electron chi connectivity index (χ1n) is 7.85. The Bertz CT molecular complexity index is 396. The second-order valence-electron chi connectivity index (χ2n) is 6.11. The highest BCUT2D eigenvalue weighted by Gasteiger charge is 2.17. The predicted molar refractivity (Wildman–Crippen MR) is 87.3 cm³/mol. The number of aromatic nitrogens is 1. The largest absolute Gasteiger partial charge is 0.316 e. The van der Waals surface area contributed by atoms with E-state index in [1.165, 1.54) is 30.9 Å². The molecule has 1 aliphatic heterocycles. The zero-order valence-corrected chi connectivity index (χ0v) is 13.7. The van der Waals surface area contributed by atoms with Crippen molar-refractivity contribution in [3.63, 3.8) is 0 Å². The van der Waals surface area contributed by atoms with E-state index in [1.807, 2.05) is 13.2 Å². The number of hydrogen-bond acceptors (Lipinski definition) is 5. The lowest BCUT2D eigenvalue weighted by Gasteiger charge is -2.35. The maximum absolute atomic E-state index is 4.57. The molecule has 2 heterocycles. The van der Waals surface area contributed by atoms with Gasteiger partial charge in [-0.3, -0.25) is 14.8 Å². The van der Waals surface area contributed by atoms with E-state index in [1.54, 1.807) is 0 Å². The highest BCUT2D eigenvalue weighted by molar-refractivity contribution is 5.13. The fraction of sp³-hybridized carbons (Fsp3) is 0.688. The van der Waals surface area contributed by atoms with Gasteiger partial charge in [0.05, 0.1) is 5.69 Å². The SMILES string of the molecule is CNCc1ccc(CN2CCN(CCN(C)C)CC2)nc1. The van der Waals surface area contributed by atoms with Crippen LogP contribution in [0.25, 0.3) is 0 Å². The second kappa shape index (κ2) is 8.44. The smallest absolute Gasteiger partial charge is 0.0544 e. The normalized spacial score (nSPS) is 17.5. The number of nitrogens with one attached hydrogen (secondary N) is 1. The Morgan fingerprint density at radius 3 is 2.43 bits per heavy atom. The van der Waals surface area contributed by atoms with Gasteiger partial charge in [-0.25, -0.2) is 0 Å². The molecule has 118 valence electrons. The van der Waals surface area contributed by atoms with Crippen molar-refractivity contribution in [1.29, 1.82) is 0 Å². The molecule has 1 saturated heterocycles. The van der Waals surface area contributed by atoms with Gasteiger partial charge < -0.3 is 10.2 Å². The van der Waals surface area contributed by atoms with E-state index < -0.39 is 0 Å². The van der Waals surface area contributed by atoms with E-state index in [4.69, 9.17) is 0 Å². The van der Waals surface area contributed by atoms with Crippen LogP contribution >= 0.6 is 0 Å². The molecular formula is C16H29N5. The van der Waals surface area contributed by atoms with Crippen LogP contribution in [0.3, 0.4) is 0 Å². The van der Waals surface area contributed by atoms with Crippen LogP contribution in [-0.4, -0.2) is 80.1 Å². The molecule has 0 saturated carbocycles. The molecular weight excluding hydrogens is 262 g/mol. The minimum absolute atomic E-state index is 0.887. The van der Waals surface area contributed by atoms with Gasteiger partial charge in [0, 0.05) is 58.6 Å². The lowest BCUT2D eigenvalue weighted by molar-refractivity contribution is 0.119. The zero-order valence-electron chi connectivity index (χ0n) is 13.7. The summed E-state index contributed by atoms with van der Waals surface area (Å²) in [6, 6.07) is 4.33. The molecule has 0 bridgehead atoms. The first-order valence-corrected chi connectivity index (χ1v) is 7.85. The molecule has 1 N–H and O–H groups in total. The zero-order chi connectivity index (χ0) is 15.1. The number of piperazine rings is 1. The summed E-state index contributed by atoms with van der Waals surface area (Å²) in [5.41, 5.74) is 2.42. The van der Waals surface area contributed by atoms with Crippen molar-refractivity contribution >= 4 is 0 Å². The minimum Gasteiger partial charge on any atom is -0.316 e. The highest BCUT2D eigenvalue weighted by Crippen LogP contribution is 2.07. The van der Waals surface area contributed by atoms with E-state index >= 15 is 0 Å². The average Bonchev–Trinajstić information content (AvgIpc) is 2.49. The topological polar surface area (TPSA) is 34.6 Å². The summed E-state index contributed by atoms with van der Waals surface area (Å²) in [6.45, 7) is 8.82. The van der Waals surface area contributed by atoms with Crippen molar-refractivity contribution in [2.75, 3.05) is 60.4 Å². The van der Waals surface area contributed by atoms with Gasteiger partial charge in [0.2, 0.25) is 0 Å². The molecule has 0 atom stereocenters. The van der Waals surface area contributed by atoms with Crippen LogP contribution in [0, 0.1) is 0 Å². The van der Waals surface area contributed by atoms with Crippen molar-refractivity contribution < 1.29 is 0 Å². The lowest BCUT2D eigenvalue weighted by Crippen LogP contribution is -2.47. The van der Waals surface area contributed by atoms with Crippen LogP contribution in [0.4, 0.5) is 0 Å². The Kier molecular flexibility index (Phi) is 6.57. The van der Waals surface area contributed by atoms with E-state index in [0.29, 0.717) is 0 Å². The summed E-state index contributed by atoms with van der Waals surface area (Å²) in [5, 5.41) is 3.15. The molecule has 2 rings (SSSR count). The molecule has 5 heteroatoms. The van der Waals surface area contributed by atoms with Gasteiger partial charge in [0.15, 0.2) is 0 Å². The van der Waals surface area contributed by atoms with E-state index in [0.717, 1.165) is 32.7 Å². The molecule has 0 unspecified atom stereocenters. The van der Waals surface area contributed by atoms with E-state index in [9.17, 15) is 0 Å². The molecule has 0 aromatic carbocycles. The molecule has 0 amide bonds. The Labute approximate surface area is 128 Å². The number of nitrogens with zero attached hydrogens (tertiary/aromatic N) is 4. The molecule has 0 aliphatic carbocycles. The average molecular weight is 291 g/mol. The van der Waals surface area contributed by atoms with Gasteiger partial charge in [-0.2, -0.15) is 0 Å². The second-order valence-corrected chi connectivity index (χ2v) is 6.11. The van der Waals surface area contributed by atoms with Crippen molar-refractivity contribution in [3.8, 4) is 0 Å². The molecule has 1 aromatic rings. The number of pyridine rings is 1. The van der Waals surface area contributed by atoms with Crippen molar-refractivity contribution in [2.45, 2.75) is 13.1 Å². The van der Waals surface area contributed by atoms with Crippen LogP contribution in [0.2, 0.25) is 0 Å². The Morgan fingerprint density at radius 1 is 1.14 bits per heavy atom. The monoisotopic (exact) mass is 291 g/mol. The summed E-state index contributed by atoms with van der Waals surface area (Å²) in [6.07, 6.45) is 1.99. The third-order valence-corrected chi connectivity index (χ3v) is 3.98. The van der Waals surface area contributed by atoms with Crippen molar-refractivity contribution in [2.24, 2.45) is 0 Å². The van der Waals surface area contributed by atoms with Crippen molar-refractivity contribution in [1.82, 2.24) is 25.0 Å². The lowest BCUT2D eigenvalue weighted by atomic mass is 10.2. The van der Waals surface area contributed by atoms with Gasteiger partial charge in [-0.15, -0.1) is 0 Å².